The third-order valence-corrected chi connectivity index (χ3v) is 2.16. The van der Waals surface area contributed by atoms with Gasteiger partial charge in [0.1, 0.15) is 5.75 Å². The van der Waals surface area contributed by atoms with E-state index in [1.165, 1.54) is 5.56 Å². The molecule has 0 amide bonds. The normalized spacial score (nSPS) is 9.29. The Morgan fingerprint density at radius 3 is 2.43 bits per heavy atom. The van der Waals surface area contributed by atoms with E-state index in [1.54, 1.807) is 7.11 Å². The van der Waals surface area contributed by atoms with E-state index in [1.807, 2.05) is 12.1 Å². The molecule has 0 radical (unpaired) electrons. The van der Waals surface area contributed by atoms with Crippen molar-refractivity contribution in [2.24, 2.45) is 0 Å². The molecule has 0 saturated heterocycles. The molecule has 80 valence electrons. The van der Waals surface area contributed by atoms with Crippen LogP contribution < -0.4 is 10.1 Å². The minimum Gasteiger partial charge on any atom is -0.497 e. The lowest BCUT2D eigenvalue weighted by atomic mass is 10.2. The first-order valence-electron chi connectivity index (χ1n) is 4.26. The fourth-order valence-electron chi connectivity index (χ4n) is 1.04. The smallest absolute Gasteiger partial charge is 0.118 e. The SMILES string of the molecule is COc1ccc(CNCCBr)cc1.Cl. The summed E-state index contributed by atoms with van der Waals surface area (Å²) in [5, 5.41) is 4.29. The van der Waals surface area contributed by atoms with Crippen LogP contribution in [0.2, 0.25) is 0 Å². The molecule has 0 spiro atoms. The van der Waals surface area contributed by atoms with E-state index >= 15 is 0 Å². The predicted molar refractivity (Wildman–Crippen MR) is 65.7 cm³/mol. The third-order valence-electron chi connectivity index (χ3n) is 1.76. The summed E-state index contributed by atoms with van der Waals surface area (Å²) in [6.45, 7) is 1.90. The van der Waals surface area contributed by atoms with Crippen molar-refractivity contribution in [3.63, 3.8) is 0 Å². The van der Waals surface area contributed by atoms with Gasteiger partial charge in [-0.1, -0.05) is 28.1 Å². The van der Waals surface area contributed by atoms with E-state index in [4.69, 9.17) is 4.74 Å². The van der Waals surface area contributed by atoms with Crippen LogP contribution in [0.5, 0.6) is 5.75 Å². The van der Waals surface area contributed by atoms with Crippen molar-refractivity contribution in [2.45, 2.75) is 6.54 Å². The molecule has 2 nitrogen and oxygen atoms in total. The van der Waals surface area contributed by atoms with E-state index in [-0.39, 0.29) is 12.4 Å². The Balaban J connectivity index is 0.00000169. The summed E-state index contributed by atoms with van der Waals surface area (Å²) in [4.78, 5) is 0. The number of ether oxygens (including phenoxy) is 1. The lowest BCUT2D eigenvalue weighted by Gasteiger charge is -2.03. The molecule has 0 aliphatic carbocycles. The van der Waals surface area contributed by atoms with E-state index in [0.29, 0.717) is 0 Å². The van der Waals surface area contributed by atoms with Gasteiger partial charge in [0.05, 0.1) is 7.11 Å². The zero-order valence-electron chi connectivity index (χ0n) is 8.13. The average Bonchev–Trinajstić information content (AvgIpc) is 2.19. The second kappa shape index (κ2) is 8.09. The van der Waals surface area contributed by atoms with E-state index in [0.717, 1.165) is 24.2 Å². The summed E-state index contributed by atoms with van der Waals surface area (Å²) in [7, 11) is 1.68. The zero-order valence-corrected chi connectivity index (χ0v) is 10.5. The molecular formula is C10H15BrClNO. The molecule has 0 aliphatic heterocycles. The number of methoxy groups -OCH3 is 1. The summed E-state index contributed by atoms with van der Waals surface area (Å²) in [6, 6.07) is 8.09. The van der Waals surface area contributed by atoms with Crippen molar-refractivity contribution in [1.29, 1.82) is 0 Å². The molecule has 1 aromatic carbocycles. The van der Waals surface area contributed by atoms with Crippen molar-refractivity contribution in [3.8, 4) is 5.75 Å². The number of halogens is 2. The maximum Gasteiger partial charge on any atom is 0.118 e. The van der Waals surface area contributed by atoms with Gasteiger partial charge in [-0.3, -0.25) is 0 Å². The standard InChI is InChI=1S/C10H14BrNO.ClH/c1-13-10-4-2-9(3-5-10)8-12-7-6-11;/h2-5,12H,6-8H2,1H3;1H. The van der Waals surface area contributed by atoms with Crippen LogP contribution in [0.1, 0.15) is 5.56 Å². The average molecular weight is 281 g/mol. The minimum atomic E-state index is 0. The van der Waals surface area contributed by atoms with E-state index in [9.17, 15) is 0 Å². The number of benzene rings is 1. The molecule has 0 unspecified atom stereocenters. The summed E-state index contributed by atoms with van der Waals surface area (Å²) in [5.74, 6) is 0.907. The first-order chi connectivity index (χ1) is 6.36. The highest BCUT2D eigenvalue weighted by molar-refractivity contribution is 9.09. The lowest BCUT2D eigenvalue weighted by Crippen LogP contribution is -2.15. The summed E-state index contributed by atoms with van der Waals surface area (Å²) >= 11 is 3.36. The van der Waals surface area contributed by atoms with Crippen LogP contribution in [-0.4, -0.2) is 19.0 Å². The van der Waals surface area contributed by atoms with Gasteiger partial charge in [-0.25, -0.2) is 0 Å². The highest BCUT2D eigenvalue weighted by atomic mass is 79.9. The van der Waals surface area contributed by atoms with Gasteiger partial charge >= 0.3 is 0 Å². The fourth-order valence-corrected chi connectivity index (χ4v) is 1.32. The topological polar surface area (TPSA) is 21.3 Å². The van der Waals surface area contributed by atoms with Crippen LogP contribution in [-0.2, 0) is 6.54 Å². The van der Waals surface area contributed by atoms with Gasteiger partial charge in [-0.2, -0.15) is 0 Å². The highest BCUT2D eigenvalue weighted by Crippen LogP contribution is 2.10. The summed E-state index contributed by atoms with van der Waals surface area (Å²) in [5.41, 5.74) is 1.28. The Morgan fingerprint density at radius 1 is 1.29 bits per heavy atom. The van der Waals surface area contributed by atoms with Crippen molar-refractivity contribution >= 4 is 28.3 Å². The largest absolute Gasteiger partial charge is 0.497 e. The first kappa shape index (κ1) is 13.8. The van der Waals surface area contributed by atoms with Crippen molar-refractivity contribution in [1.82, 2.24) is 5.32 Å². The molecule has 4 heteroatoms. The van der Waals surface area contributed by atoms with Gasteiger partial charge in [0.2, 0.25) is 0 Å². The van der Waals surface area contributed by atoms with Crippen LogP contribution in [0.25, 0.3) is 0 Å². The zero-order chi connectivity index (χ0) is 9.52. The maximum absolute atomic E-state index is 5.07. The molecular weight excluding hydrogens is 265 g/mol. The number of hydrogen-bond donors (Lipinski definition) is 1. The first-order valence-corrected chi connectivity index (χ1v) is 5.38. The minimum absolute atomic E-state index is 0. The van der Waals surface area contributed by atoms with Crippen molar-refractivity contribution < 1.29 is 4.74 Å². The van der Waals surface area contributed by atoms with Gasteiger partial charge < -0.3 is 10.1 Å². The molecule has 0 aliphatic rings. The lowest BCUT2D eigenvalue weighted by molar-refractivity contribution is 0.414. The third kappa shape index (κ3) is 4.84. The number of nitrogens with one attached hydrogen (secondary N) is 1. The Kier molecular flexibility index (Phi) is 7.95. The molecule has 1 rings (SSSR count). The Bertz CT molecular complexity index is 240. The number of hydrogen-bond acceptors (Lipinski definition) is 2. The van der Waals surface area contributed by atoms with Crippen molar-refractivity contribution in [2.75, 3.05) is 19.0 Å². The molecule has 0 atom stereocenters. The van der Waals surface area contributed by atoms with Gasteiger partial charge in [0.15, 0.2) is 0 Å². The van der Waals surface area contributed by atoms with Crippen LogP contribution in [0, 0.1) is 0 Å². The monoisotopic (exact) mass is 279 g/mol. The van der Waals surface area contributed by atoms with Crippen molar-refractivity contribution in [3.05, 3.63) is 29.8 Å². The van der Waals surface area contributed by atoms with Gasteiger partial charge in [-0.15, -0.1) is 12.4 Å². The Morgan fingerprint density at radius 2 is 1.93 bits per heavy atom. The van der Waals surface area contributed by atoms with Crippen LogP contribution in [0.3, 0.4) is 0 Å². The molecule has 1 aromatic rings. The Hall–Kier alpha value is -0.250. The highest BCUT2D eigenvalue weighted by Gasteiger charge is 1.92. The Labute approximate surface area is 99.6 Å². The molecule has 0 bridgehead atoms. The number of alkyl halides is 1. The van der Waals surface area contributed by atoms with E-state index in [2.05, 4.69) is 33.4 Å². The van der Waals surface area contributed by atoms with Crippen LogP contribution in [0.15, 0.2) is 24.3 Å². The van der Waals surface area contributed by atoms with Gasteiger partial charge in [0, 0.05) is 18.4 Å². The second-order valence-electron chi connectivity index (χ2n) is 2.71. The van der Waals surface area contributed by atoms with Crippen LogP contribution >= 0.6 is 28.3 Å². The molecule has 0 aromatic heterocycles. The molecule has 0 fully saturated rings. The van der Waals surface area contributed by atoms with Gasteiger partial charge in [-0.05, 0) is 17.7 Å². The van der Waals surface area contributed by atoms with Crippen LogP contribution in [0.4, 0.5) is 0 Å². The number of rotatable bonds is 5. The molecule has 0 saturated carbocycles. The van der Waals surface area contributed by atoms with E-state index < -0.39 is 0 Å². The molecule has 1 N–H and O–H groups in total. The summed E-state index contributed by atoms with van der Waals surface area (Å²) < 4.78 is 5.07. The quantitative estimate of drug-likeness (QED) is 0.661. The maximum atomic E-state index is 5.07. The molecule has 14 heavy (non-hydrogen) atoms. The fraction of sp³-hybridized carbons (Fsp3) is 0.400. The predicted octanol–water partition coefficient (Wildman–Crippen LogP) is 2.60. The van der Waals surface area contributed by atoms with Gasteiger partial charge in [0.25, 0.3) is 0 Å². The second-order valence-corrected chi connectivity index (χ2v) is 3.51. The molecule has 0 heterocycles. The summed E-state index contributed by atoms with van der Waals surface area (Å²) in [6.07, 6.45) is 0.